The van der Waals surface area contributed by atoms with E-state index in [1.54, 1.807) is 18.2 Å². The molecule has 1 aliphatic heterocycles. The molecule has 2 heterocycles. The topological polar surface area (TPSA) is 67.2 Å². The van der Waals surface area contributed by atoms with Crippen molar-refractivity contribution in [1.82, 2.24) is 15.1 Å². The summed E-state index contributed by atoms with van der Waals surface area (Å²) in [5.74, 6) is 0.115. The van der Waals surface area contributed by atoms with Crippen LogP contribution in [0.3, 0.4) is 0 Å². The summed E-state index contributed by atoms with van der Waals surface area (Å²) in [6.45, 7) is 3.67. The first-order chi connectivity index (χ1) is 15.5. The van der Waals surface area contributed by atoms with Crippen LogP contribution in [0.4, 0.5) is 10.2 Å². The Morgan fingerprint density at radius 3 is 2.69 bits per heavy atom. The number of aryl methyl sites for hydroxylation is 1. The van der Waals surface area contributed by atoms with Crippen LogP contribution < -0.4 is 15.8 Å². The number of carbonyl (C=O) groups is 1. The van der Waals surface area contributed by atoms with E-state index >= 15 is 0 Å². The van der Waals surface area contributed by atoms with Crippen molar-refractivity contribution in [1.29, 1.82) is 0 Å². The van der Waals surface area contributed by atoms with Crippen LogP contribution in [0.5, 0.6) is 0 Å². The van der Waals surface area contributed by atoms with Crippen LogP contribution in [0.1, 0.15) is 30.9 Å². The van der Waals surface area contributed by atoms with Crippen molar-refractivity contribution in [3.05, 3.63) is 88.0 Å². The van der Waals surface area contributed by atoms with Crippen molar-refractivity contribution >= 4 is 11.7 Å². The van der Waals surface area contributed by atoms with E-state index in [0.717, 1.165) is 37.1 Å². The molecule has 1 fully saturated rings. The fourth-order valence-corrected chi connectivity index (χ4v) is 4.01. The predicted octanol–water partition coefficient (Wildman–Crippen LogP) is 3.47. The number of aromatic nitrogens is 2. The molecule has 1 saturated heterocycles. The van der Waals surface area contributed by atoms with Gasteiger partial charge in [0.25, 0.3) is 5.56 Å². The van der Waals surface area contributed by atoms with Gasteiger partial charge in [-0.1, -0.05) is 31.2 Å². The van der Waals surface area contributed by atoms with Crippen molar-refractivity contribution in [2.75, 3.05) is 18.0 Å². The maximum atomic E-state index is 13.4. The fraction of sp³-hybridized carbons (Fsp3) is 0.320. The quantitative estimate of drug-likeness (QED) is 0.645. The maximum absolute atomic E-state index is 13.4. The summed E-state index contributed by atoms with van der Waals surface area (Å²) in [5, 5.41) is 7.49. The molecule has 2 aromatic carbocycles. The normalized spacial score (nSPS) is 16.1. The Balaban J connectivity index is 1.45. The van der Waals surface area contributed by atoms with Gasteiger partial charge in [-0.3, -0.25) is 9.59 Å². The Morgan fingerprint density at radius 1 is 1.12 bits per heavy atom. The second kappa shape index (κ2) is 9.77. The van der Waals surface area contributed by atoms with Gasteiger partial charge in [0.2, 0.25) is 5.91 Å². The van der Waals surface area contributed by atoms with Crippen LogP contribution in [-0.4, -0.2) is 28.8 Å². The molecule has 1 amide bonds. The summed E-state index contributed by atoms with van der Waals surface area (Å²) in [6.07, 6.45) is 2.56. The average Bonchev–Trinajstić information content (AvgIpc) is 2.83. The number of hydrogen-bond acceptors (Lipinski definition) is 4. The fourth-order valence-electron chi connectivity index (χ4n) is 4.01. The molecule has 1 atom stereocenters. The van der Waals surface area contributed by atoms with E-state index in [-0.39, 0.29) is 23.2 Å². The van der Waals surface area contributed by atoms with Gasteiger partial charge in [0.15, 0.2) is 0 Å². The van der Waals surface area contributed by atoms with Gasteiger partial charge in [0.1, 0.15) is 11.6 Å². The average molecular weight is 435 g/mol. The molecule has 3 aromatic rings. The summed E-state index contributed by atoms with van der Waals surface area (Å²) in [7, 11) is 0. The number of anilines is 1. The van der Waals surface area contributed by atoms with Gasteiger partial charge < -0.3 is 10.2 Å². The Hall–Kier alpha value is -3.48. The Kier molecular flexibility index (Phi) is 6.63. The lowest BCUT2D eigenvalue weighted by Gasteiger charge is -2.33. The van der Waals surface area contributed by atoms with Crippen LogP contribution in [0.15, 0.2) is 65.5 Å². The second-order valence-electron chi connectivity index (χ2n) is 8.09. The highest BCUT2D eigenvalue weighted by molar-refractivity contribution is 5.79. The molecule has 1 aromatic heterocycles. The lowest BCUT2D eigenvalue weighted by molar-refractivity contribution is -0.125. The van der Waals surface area contributed by atoms with E-state index in [1.165, 1.54) is 28.4 Å². The molecule has 32 heavy (non-hydrogen) atoms. The van der Waals surface area contributed by atoms with Gasteiger partial charge in [0, 0.05) is 25.7 Å². The van der Waals surface area contributed by atoms with Crippen LogP contribution in [0.25, 0.3) is 5.69 Å². The zero-order chi connectivity index (χ0) is 22.5. The number of halogens is 1. The second-order valence-corrected chi connectivity index (χ2v) is 8.09. The number of rotatable bonds is 6. The van der Waals surface area contributed by atoms with Crippen molar-refractivity contribution in [2.45, 2.75) is 32.7 Å². The third-order valence-electron chi connectivity index (χ3n) is 5.85. The molecule has 0 bridgehead atoms. The van der Waals surface area contributed by atoms with Gasteiger partial charge in [-0.2, -0.15) is 4.68 Å². The van der Waals surface area contributed by atoms with E-state index in [4.69, 9.17) is 0 Å². The summed E-state index contributed by atoms with van der Waals surface area (Å²) in [4.78, 5) is 27.2. The molecule has 0 radical (unpaired) electrons. The van der Waals surface area contributed by atoms with Gasteiger partial charge in [-0.25, -0.2) is 4.39 Å². The number of benzene rings is 2. The van der Waals surface area contributed by atoms with E-state index in [1.807, 2.05) is 29.2 Å². The molecule has 7 heteroatoms. The SMILES string of the molecule is CCc1ccc(-n2nc(N3CCCC(C(=O)NCc4cccc(F)c4)C3)ccc2=O)cc1. The maximum Gasteiger partial charge on any atom is 0.271 e. The first-order valence-electron chi connectivity index (χ1n) is 11.0. The minimum Gasteiger partial charge on any atom is -0.354 e. The third-order valence-corrected chi connectivity index (χ3v) is 5.85. The molecule has 1 N–H and O–H groups in total. The lowest BCUT2D eigenvalue weighted by atomic mass is 9.97. The number of amides is 1. The van der Waals surface area contributed by atoms with Crippen LogP contribution in [-0.2, 0) is 17.8 Å². The number of piperidine rings is 1. The predicted molar refractivity (Wildman–Crippen MR) is 122 cm³/mol. The molecule has 166 valence electrons. The number of hydrogen-bond donors (Lipinski definition) is 1. The highest BCUT2D eigenvalue weighted by Gasteiger charge is 2.26. The van der Waals surface area contributed by atoms with Gasteiger partial charge in [0.05, 0.1) is 11.6 Å². The van der Waals surface area contributed by atoms with Crippen LogP contribution in [0.2, 0.25) is 0 Å². The van der Waals surface area contributed by atoms with Crippen molar-refractivity contribution in [3.63, 3.8) is 0 Å². The zero-order valence-corrected chi connectivity index (χ0v) is 18.1. The van der Waals surface area contributed by atoms with Crippen LogP contribution in [0, 0.1) is 11.7 Å². The van der Waals surface area contributed by atoms with E-state index < -0.39 is 0 Å². The standard InChI is InChI=1S/C25H27FN4O2/c1-2-18-8-10-22(11-9-18)30-24(31)13-12-23(28-30)29-14-4-6-20(17-29)25(32)27-16-19-5-3-7-21(26)15-19/h3,5,7-13,15,20H,2,4,6,14,16-17H2,1H3,(H,27,32). The number of nitrogens with one attached hydrogen (secondary N) is 1. The van der Waals surface area contributed by atoms with Gasteiger partial charge in [-0.15, -0.1) is 5.10 Å². The molecular formula is C25H27FN4O2. The van der Waals surface area contributed by atoms with Gasteiger partial charge in [-0.05, 0) is 60.7 Å². The minimum atomic E-state index is -0.314. The van der Waals surface area contributed by atoms with E-state index in [9.17, 15) is 14.0 Å². The molecule has 6 nitrogen and oxygen atoms in total. The summed E-state index contributed by atoms with van der Waals surface area (Å²) in [6, 6.07) is 17.3. The summed E-state index contributed by atoms with van der Waals surface area (Å²) in [5.41, 5.74) is 2.45. The molecular weight excluding hydrogens is 407 g/mol. The highest BCUT2D eigenvalue weighted by Crippen LogP contribution is 2.22. The molecule has 4 rings (SSSR count). The minimum absolute atomic E-state index is 0.0533. The first kappa shape index (κ1) is 21.7. The highest BCUT2D eigenvalue weighted by atomic mass is 19.1. The zero-order valence-electron chi connectivity index (χ0n) is 18.1. The monoisotopic (exact) mass is 434 g/mol. The number of nitrogens with zero attached hydrogens (tertiary/aromatic N) is 3. The van der Waals surface area contributed by atoms with Crippen LogP contribution >= 0.6 is 0 Å². The number of carbonyl (C=O) groups excluding carboxylic acids is 1. The molecule has 0 spiro atoms. The molecule has 0 saturated carbocycles. The van der Waals surface area contributed by atoms with E-state index in [0.29, 0.717) is 18.9 Å². The Bertz CT molecular complexity index is 1140. The first-order valence-corrected chi connectivity index (χ1v) is 11.0. The molecule has 1 aliphatic rings. The van der Waals surface area contributed by atoms with Crippen molar-refractivity contribution in [3.8, 4) is 5.69 Å². The van der Waals surface area contributed by atoms with Gasteiger partial charge >= 0.3 is 0 Å². The summed E-state index contributed by atoms with van der Waals surface area (Å²) < 4.78 is 14.8. The Morgan fingerprint density at radius 2 is 1.94 bits per heavy atom. The summed E-state index contributed by atoms with van der Waals surface area (Å²) >= 11 is 0. The van der Waals surface area contributed by atoms with E-state index in [2.05, 4.69) is 17.3 Å². The smallest absolute Gasteiger partial charge is 0.271 e. The molecule has 0 aliphatic carbocycles. The van der Waals surface area contributed by atoms with Crippen molar-refractivity contribution < 1.29 is 9.18 Å². The largest absolute Gasteiger partial charge is 0.354 e. The molecule has 1 unspecified atom stereocenters. The third kappa shape index (κ3) is 5.04. The lowest BCUT2D eigenvalue weighted by Crippen LogP contribution is -2.43. The Labute approximate surface area is 186 Å². The van der Waals surface area contributed by atoms with Crippen molar-refractivity contribution in [2.24, 2.45) is 5.92 Å².